The summed E-state index contributed by atoms with van der Waals surface area (Å²) in [6.07, 6.45) is 20.5. The fraction of sp³-hybridized carbons (Fsp3) is 0.0732. The van der Waals surface area contributed by atoms with Crippen LogP contribution in [0.4, 0.5) is 17.1 Å². The molecule has 1 aliphatic rings. The molecule has 5 aromatic rings. The molecule has 0 unspecified atom stereocenters. The van der Waals surface area contributed by atoms with Crippen molar-refractivity contribution in [1.29, 1.82) is 0 Å². The summed E-state index contributed by atoms with van der Waals surface area (Å²) < 4.78 is 0. The Balaban J connectivity index is 1.22. The minimum Gasteiger partial charge on any atom is -0.310 e. The molecule has 42 heavy (non-hydrogen) atoms. The van der Waals surface area contributed by atoms with Crippen molar-refractivity contribution < 1.29 is 0 Å². The van der Waals surface area contributed by atoms with Gasteiger partial charge in [0.1, 0.15) is 0 Å². The van der Waals surface area contributed by atoms with Gasteiger partial charge in [-0.2, -0.15) is 0 Å². The molecule has 0 atom stereocenters. The number of fused-ring (bicyclic) bond motifs is 1. The first-order valence-corrected chi connectivity index (χ1v) is 14.7. The van der Waals surface area contributed by atoms with Crippen LogP contribution in [0.25, 0.3) is 24.3 Å². The number of hydrogen-bond donors (Lipinski definition) is 0. The molecule has 0 aromatic heterocycles. The Bertz CT molecular complexity index is 1600. The van der Waals surface area contributed by atoms with Crippen LogP contribution < -0.4 is 4.90 Å². The average Bonchev–Trinajstić information content (AvgIpc) is 3.52. The van der Waals surface area contributed by atoms with E-state index in [-0.39, 0.29) is 0 Å². The van der Waals surface area contributed by atoms with E-state index in [1.807, 2.05) is 12.1 Å². The van der Waals surface area contributed by atoms with Crippen molar-refractivity contribution >= 4 is 41.4 Å². The van der Waals surface area contributed by atoms with Gasteiger partial charge in [0.2, 0.25) is 0 Å². The zero-order valence-electron chi connectivity index (χ0n) is 23.8. The smallest absolute Gasteiger partial charge is 0.0464 e. The molecule has 5 aromatic carbocycles. The second kappa shape index (κ2) is 13.5. The Morgan fingerprint density at radius 1 is 0.381 bits per heavy atom. The molecule has 1 nitrogen and oxygen atoms in total. The van der Waals surface area contributed by atoms with E-state index >= 15 is 0 Å². The van der Waals surface area contributed by atoms with Gasteiger partial charge in [-0.15, -0.1) is 0 Å². The molecule has 6 rings (SSSR count). The molecule has 204 valence electrons. The Morgan fingerprint density at radius 2 is 0.786 bits per heavy atom. The van der Waals surface area contributed by atoms with Crippen molar-refractivity contribution in [3.05, 3.63) is 185 Å². The standard InChI is InChI=1S/C41H35N/c1-3-12-33(13-4-1)16-7-9-18-35-22-27-39(28-23-35)42(41-31-26-37-20-11-21-38(37)32-41)40-29-24-36(25-30-40)19-10-8-17-34-14-5-2-6-15-34/h1-10,12-19,22-32H,11,20-21H2. The molecule has 0 bridgehead atoms. The zero-order valence-corrected chi connectivity index (χ0v) is 23.8. The third kappa shape index (κ3) is 6.95. The number of benzene rings is 5. The lowest BCUT2D eigenvalue weighted by atomic mass is 10.1. The van der Waals surface area contributed by atoms with Gasteiger partial charge in [0.25, 0.3) is 0 Å². The van der Waals surface area contributed by atoms with Crippen LogP contribution in [-0.2, 0) is 12.8 Å². The molecular formula is C41H35N. The monoisotopic (exact) mass is 541 g/mol. The van der Waals surface area contributed by atoms with E-state index in [0.717, 1.165) is 17.8 Å². The normalized spacial score (nSPS) is 13.0. The average molecular weight is 542 g/mol. The highest BCUT2D eigenvalue weighted by Crippen LogP contribution is 2.37. The maximum absolute atomic E-state index is 2.38. The van der Waals surface area contributed by atoms with Gasteiger partial charge in [-0.25, -0.2) is 0 Å². The van der Waals surface area contributed by atoms with Gasteiger partial charge in [-0.1, -0.05) is 140 Å². The Kier molecular flexibility index (Phi) is 8.68. The van der Waals surface area contributed by atoms with Crippen LogP contribution in [0.15, 0.2) is 152 Å². The molecule has 0 spiro atoms. The zero-order chi connectivity index (χ0) is 28.4. The highest BCUT2D eigenvalue weighted by atomic mass is 15.1. The summed E-state index contributed by atoms with van der Waals surface area (Å²) in [5, 5.41) is 0. The van der Waals surface area contributed by atoms with E-state index in [1.165, 1.54) is 51.9 Å². The van der Waals surface area contributed by atoms with Gasteiger partial charge in [-0.05, 0) is 89.0 Å². The summed E-state index contributed by atoms with van der Waals surface area (Å²) in [5.74, 6) is 0. The van der Waals surface area contributed by atoms with Gasteiger partial charge in [-0.3, -0.25) is 0 Å². The number of nitrogens with zero attached hydrogens (tertiary/aromatic N) is 1. The van der Waals surface area contributed by atoms with Crippen LogP contribution in [0, 0.1) is 0 Å². The maximum atomic E-state index is 2.38. The molecule has 0 N–H and O–H groups in total. The lowest BCUT2D eigenvalue weighted by Gasteiger charge is -2.26. The molecule has 1 heteroatoms. The third-order valence-electron chi connectivity index (χ3n) is 7.62. The highest BCUT2D eigenvalue weighted by molar-refractivity contribution is 5.78. The summed E-state index contributed by atoms with van der Waals surface area (Å²) in [4.78, 5) is 2.37. The predicted octanol–water partition coefficient (Wildman–Crippen LogP) is 11.1. The van der Waals surface area contributed by atoms with Crippen LogP contribution in [-0.4, -0.2) is 0 Å². The van der Waals surface area contributed by atoms with Crippen molar-refractivity contribution in [3.63, 3.8) is 0 Å². The lowest BCUT2D eigenvalue weighted by molar-refractivity contribution is 0.912. The molecule has 0 saturated carbocycles. The first-order chi connectivity index (χ1) is 20.8. The van der Waals surface area contributed by atoms with Gasteiger partial charge < -0.3 is 4.90 Å². The number of anilines is 3. The molecule has 0 aliphatic heterocycles. The molecular weight excluding hydrogens is 506 g/mol. The third-order valence-corrected chi connectivity index (χ3v) is 7.62. The molecule has 0 fully saturated rings. The summed E-state index contributed by atoms with van der Waals surface area (Å²) in [6, 6.07) is 45.4. The van der Waals surface area contributed by atoms with Crippen LogP contribution in [0.3, 0.4) is 0 Å². The second-order valence-electron chi connectivity index (χ2n) is 10.6. The molecule has 0 saturated heterocycles. The number of allylic oxidation sites excluding steroid dienone is 4. The topological polar surface area (TPSA) is 3.24 Å². The number of hydrogen-bond acceptors (Lipinski definition) is 1. The van der Waals surface area contributed by atoms with Crippen molar-refractivity contribution in [2.45, 2.75) is 19.3 Å². The van der Waals surface area contributed by atoms with E-state index in [0.29, 0.717) is 0 Å². The molecule has 0 radical (unpaired) electrons. The van der Waals surface area contributed by atoms with Crippen molar-refractivity contribution in [3.8, 4) is 0 Å². The lowest BCUT2D eigenvalue weighted by Crippen LogP contribution is -2.10. The van der Waals surface area contributed by atoms with Crippen LogP contribution >= 0.6 is 0 Å². The Hall–Kier alpha value is -5.14. The predicted molar refractivity (Wildman–Crippen MR) is 182 cm³/mol. The molecule has 1 aliphatic carbocycles. The fourth-order valence-electron chi connectivity index (χ4n) is 5.41. The minimum absolute atomic E-state index is 1.15. The fourth-order valence-corrected chi connectivity index (χ4v) is 5.41. The summed E-state index contributed by atoms with van der Waals surface area (Å²) >= 11 is 0. The van der Waals surface area contributed by atoms with Gasteiger partial charge >= 0.3 is 0 Å². The second-order valence-corrected chi connectivity index (χ2v) is 10.6. The van der Waals surface area contributed by atoms with Crippen molar-refractivity contribution in [1.82, 2.24) is 0 Å². The highest BCUT2D eigenvalue weighted by Gasteiger charge is 2.16. The Morgan fingerprint density at radius 3 is 1.26 bits per heavy atom. The van der Waals surface area contributed by atoms with Gasteiger partial charge in [0, 0.05) is 17.1 Å². The van der Waals surface area contributed by atoms with E-state index in [1.54, 1.807) is 0 Å². The van der Waals surface area contributed by atoms with Crippen LogP contribution in [0.5, 0.6) is 0 Å². The van der Waals surface area contributed by atoms with Crippen LogP contribution in [0.1, 0.15) is 39.8 Å². The van der Waals surface area contributed by atoms with Gasteiger partial charge in [0.15, 0.2) is 0 Å². The van der Waals surface area contributed by atoms with E-state index in [9.17, 15) is 0 Å². The maximum Gasteiger partial charge on any atom is 0.0464 e. The molecule has 0 amide bonds. The summed E-state index contributed by atoms with van der Waals surface area (Å²) in [7, 11) is 0. The summed E-state index contributed by atoms with van der Waals surface area (Å²) in [5.41, 5.74) is 11.2. The van der Waals surface area contributed by atoms with E-state index in [4.69, 9.17) is 0 Å². The van der Waals surface area contributed by atoms with Crippen molar-refractivity contribution in [2.24, 2.45) is 0 Å². The first-order valence-electron chi connectivity index (χ1n) is 14.7. The largest absolute Gasteiger partial charge is 0.310 e. The van der Waals surface area contributed by atoms with E-state index < -0.39 is 0 Å². The van der Waals surface area contributed by atoms with Gasteiger partial charge in [0.05, 0.1) is 0 Å². The summed E-state index contributed by atoms with van der Waals surface area (Å²) in [6.45, 7) is 0. The van der Waals surface area contributed by atoms with Crippen LogP contribution in [0.2, 0.25) is 0 Å². The first kappa shape index (κ1) is 27.1. The quantitative estimate of drug-likeness (QED) is 0.168. The molecule has 0 heterocycles. The van der Waals surface area contributed by atoms with E-state index in [2.05, 4.69) is 169 Å². The number of rotatable bonds is 9. The van der Waals surface area contributed by atoms with Crippen molar-refractivity contribution in [2.75, 3.05) is 4.90 Å². The SMILES string of the molecule is C(C=Cc1ccc(N(c2ccc(C=CC=Cc3ccccc3)cc2)c2ccc3c(c2)CCC3)cc1)=Cc1ccccc1. The minimum atomic E-state index is 1.15. The number of aryl methyl sites for hydroxylation is 2. The Labute approximate surface area is 250 Å².